The standard InChI is InChI=1S/C23H30N2O5/c1-16-8-6-9-18(14-16)29-13-7-10-21(26)24-17-11-12-20(28-5)19(15-17)25-22(27)30-23(2,3)4/h6,8-9,11-12,14-15H,7,10,13H2,1-5H3,(H,24,26)(H,25,27). The highest BCUT2D eigenvalue weighted by Crippen LogP contribution is 2.28. The van der Waals surface area contributed by atoms with Crippen molar-refractivity contribution in [3.05, 3.63) is 48.0 Å². The lowest BCUT2D eigenvalue weighted by atomic mass is 10.2. The Labute approximate surface area is 177 Å². The van der Waals surface area contributed by atoms with Gasteiger partial charge in [0.1, 0.15) is 17.1 Å². The van der Waals surface area contributed by atoms with Crippen LogP contribution in [0.4, 0.5) is 16.2 Å². The SMILES string of the molecule is COc1ccc(NC(=O)CCCOc2cccc(C)c2)cc1NC(=O)OC(C)(C)C. The van der Waals surface area contributed by atoms with E-state index in [1.165, 1.54) is 7.11 Å². The van der Waals surface area contributed by atoms with Gasteiger partial charge in [0, 0.05) is 12.1 Å². The van der Waals surface area contributed by atoms with E-state index in [-0.39, 0.29) is 5.91 Å². The highest BCUT2D eigenvalue weighted by molar-refractivity contribution is 5.93. The summed E-state index contributed by atoms with van der Waals surface area (Å²) in [6.07, 6.45) is 0.295. The van der Waals surface area contributed by atoms with Crippen LogP contribution in [-0.4, -0.2) is 31.3 Å². The molecule has 2 aromatic carbocycles. The maximum absolute atomic E-state index is 12.2. The summed E-state index contributed by atoms with van der Waals surface area (Å²) in [5.41, 5.74) is 1.46. The minimum Gasteiger partial charge on any atom is -0.495 e. The monoisotopic (exact) mass is 414 g/mol. The molecule has 7 heteroatoms. The molecule has 0 aliphatic rings. The highest BCUT2D eigenvalue weighted by Gasteiger charge is 2.18. The van der Waals surface area contributed by atoms with Crippen molar-refractivity contribution in [1.29, 1.82) is 0 Å². The summed E-state index contributed by atoms with van der Waals surface area (Å²) < 4.78 is 16.2. The first kappa shape index (κ1) is 23.1. The molecule has 0 aliphatic carbocycles. The van der Waals surface area contributed by atoms with Crippen molar-refractivity contribution in [2.45, 2.75) is 46.1 Å². The van der Waals surface area contributed by atoms with E-state index in [2.05, 4.69) is 10.6 Å². The molecule has 0 fully saturated rings. The molecule has 0 unspecified atom stereocenters. The normalized spacial score (nSPS) is 10.8. The third-order valence-corrected chi connectivity index (χ3v) is 3.93. The number of nitrogens with one attached hydrogen (secondary N) is 2. The van der Waals surface area contributed by atoms with E-state index in [9.17, 15) is 9.59 Å². The van der Waals surface area contributed by atoms with Crippen molar-refractivity contribution in [2.75, 3.05) is 24.4 Å². The molecule has 0 atom stereocenters. The summed E-state index contributed by atoms with van der Waals surface area (Å²) in [6, 6.07) is 12.8. The first-order valence-electron chi connectivity index (χ1n) is 9.83. The van der Waals surface area contributed by atoms with Gasteiger partial charge in [-0.1, -0.05) is 12.1 Å². The number of methoxy groups -OCH3 is 1. The number of carbonyl (C=O) groups excluding carboxylic acids is 2. The topological polar surface area (TPSA) is 85.9 Å². The van der Waals surface area contributed by atoms with Crippen molar-refractivity contribution in [3.8, 4) is 11.5 Å². The van der Waals surface area contributed by atoms with Gasteiger partial charge in [0.15, 0.2) is 0 Å². The van der Waals surface area contributed by atoms with Crippen LogP contribution in [0.2, 0.25) is 0 Å². The van der Waals surface area contributed by atoms with Gasteiger partial charge in [-0.25, -0.2) is 4.79 Å². The number of benzene rings is 2. The van der Waals surface area contributed by atoms with E-state index >= 15 is 0 Å². The second-order valence-corrected chi connectivity index (χ2v) is 7.86. The predicted molar refractivity (Wildman–Crippen MR) is 117 cm³/mol. The molecule has 162 valence electrons. The molecule has 0 aliphatic heterocycles. The molecule has 0 radical (unpaired) electrons. The number of aryl methyl sites for hydroxylation is 1. The Morgan fingerprint density at radius 1 is 1.03 bits per heavy atom. The quantitative estimate of drug-likeness (QED) is 0.584. The molecule has 2 amide bonds. The summed E-state index contributed by atoms with van der Waals surface area (Å²) >= 11 is 0. The Balaban J connectivity index is 1.87. The fraction of sp³-hybridized carbons (Fsp3) is 0.391. The van der Waals surface area contributed by atoms with Crippen LogP contribution in [0.3, 0.4) is 0 Å². The van der Waals surface area contributed by atoms with Gasteiger partial charge in [-0.15, -0.1) is 0 Å². The van der Waals surface area contributed by atoms with Crippen LogP contribution in [0.5, 0.6) is 11.5 Å². The summed E-state index contributed by atoms with van der Waals surface area (Å²) in [7, 11) is 1.50. The average molecular weight is 415 g/mol. The molecule has 2 N–H and O–H groups in total. The minimum absolute atomic E-state index is 0.142. The molecule has 0 bridgehead atoms. The summed E-state index contributed by atoms with van der Waals surface area (Å²) in [5, 5.41) is 5.47. The fourth-order valence-electron chi connectivity index (χ4n) is 2.65. The van der Waals surface area contributed by atoms with Gasteiger partial charge in [-0.2, -0.15) is 0 Å². The number of ether oxygens (including phenoxy) is 3. The predicted octanol–water partition coefficient (Wildman–Crippen LogP) is 5.15. The van der Waals surface area contributed by atoms with Crippen molar-refractivity contribution in [1.82, 2.24) is 0 Å². The van der Waals surface area contributed by atoms with Crippen molar-refractivity contribution in [2.24, 2.45) is 0 Å². The van der Waals surface area contributed by atoms with Crippen molar-refractivity contribution >= 4 is 23.4 Å². The van der Waals surface area contributed by atoms with Crippen LogP contribution >= 0.6 is 0 Å². The lowest BCUT2D eigenvalue weighted by Crippen LogP contribution is -2.27. The average Bonchev–Trinajstić information content (AvgIpc) is 2.64. The molecule has 2 aromatic rings. The molecule has 30 heavy (non-hydrogen) atoms. The van der Waals surface area contributed by atoms with Crippen LogP contribution in [0, 0.1) is 6.92 Å². The lowest BCUT2D eigenvalue weighted by Gasteiger charge is -2.20. The van der Waals surface area contributed by atoms with Crippen LogP contribution < -0.4 is 20.1 Å². The number of carbonyl (C=O) groups is 2. The van der Waals surface area contributed by atoms with Gasteiger partial charge in [-0.05, 0) is 70.0 Å². The molecule has 0 saturated heterocycles. The van der Waals surface area contributed by atoms with Gasteiger partial charge in [0.25, 0.3) is 0 Å². The van der Waals surface area contributed by atoms with Crippen LogP contribution in [0.15, 0.2) is 42.5 Å². The third-order valence-electron chi connectivity index (χ3n) is 3.93. The Bertz CT molecular complexity index is 874. The lowest BCUT2D eigenvalue weighted by molar-refractivity contribution is -0.116. The van der Waals surface area contributed by atoms with Gasteiger partial charge >= 0.3 is 6.09 Å². The van der Waals surface area contributed by atoms with Crippen LogP contribution in [0.1, 0.15) is 39.2 Å². The summed E-state index contributed by atoms with van der Waals surface area (Å²) in [4.78, 5) is 24.3. The maximum atomic E-state index is 12.2. The van der Waals surface area contributed by atoms with E-state index in [0.29, 0.717) is 36.6 Å². The van der Waals surface area contributed by atoms with Gasteiger partial charge in [-0.3, -0.25) is 10.1 Å². The molecule has 7 nitrogen and oxygen atoms in total. The molecule has 0 aromatic heterocycles. The van der Waals surface area contributed by atoms with Gasteiger partial charge in [0.2, 0.25) is 5.91 Å². The number of anilines is 2. The Hall–Kier alpha value is -3.22. The maximum Gasteiger partial charge on any atom is 0.412 e. The number of amides is 2. The van der Waals surface area contributed by atoms with E-state index in [4.69, 9.17) is 14.2 Å². The number of rotatable bonds is 8. The Morgan fingerprint density at radius 3 is 2.47 bits per heavy atom. The summed E-state index contributed by atoms with van der Waals surface area (Å²) in [6.45, 7) is 7.79. The first-order chi connectivity index (χ1) is 14.2. The zero-order valence-corrected chi connectivity index (χ0v) is 18.2. The molecular weight excluding hydrogens is 384 g/mol. The molecule has 0 saturated carbocycles. The largest absolute Gasteiger partial charge is 0.495 e. The van der Waals surface area contributed by atoms with Crippen molar-refractivity contribution in [3.63, 3.8) is 0 Å². The number of hydrogen-bond donors (Lipinski definition) is 2. The fourth-order valence-corrected chi connectivity index (χ4v) is 2.65. The zero-order valence-electron chi connectivity index (χ0n) is 18.2. The molecule has 0 spiro atoms. The summed E-state index contributed by atoms with van der Waals surface area (Å²) in [5.74, 6) is 1.12. The van der Waals surface area contributed by atoms with E-state index in [1.807, 2.05) is 31.2 Å². The zero-order chi connectivity index (χ0) is 22.1. The Kier molecular flexibility index (Phi) is 8.09. The second-order valence-electron chi connectivity index (χ2n) is 7.86. The first-order valence-corrected chi connectivity index (χ1v) is 9.83. The van der Waals surface area contributed by atoms with E-state index in [0.717, 1.165) is 11.3 Å². The van der Waals surface area contributed by atoms with Gasteiger partial charge < -0.3 is 19.5 Å². The van der Waals surface area contributed by atoms with E-state index in [1.54, 1.807) is 39.0 Å². The smallest absolute Gasteiger partial charge is 0.412 e. The van der Waals surface area contributed by atoms with E-state index < -0.39 is 11.7 Å². The molecule has 0 heterocycles. The second kappa shape index (κ2) is 10.5. The van der Waals surface area contributed by atoms with Crippen LogP contribution in [0.25, 0.3) is 0 Å². The molecule has 2 rings (SSSR count). The Morgan fingerprint density at radius 2 is 1.80 bits per heavy atom. The minimum atomic E-state index is -0.621. The highest BCUT2D eigenvalue weighted by atomic mass is 16.6. The van der Waals surface area contributed by atoms with Crippen LogP contribution in [-0.2, 0) is 9.53 Å². The number of hydrogen-bond acceptors (Lipinski definition) is 5. The third kappa shape index (κ3) is 8.03. The van der Waals surface area contributed by atoms with Gasteiger partial charge in [0.05, 0.1) is 19.4 Å². The molecular formula is C23H30N2O5. The van der Waals surface area contributed by atoms with Crippen molar-refractivity contribution < 1.29 is 23.8 Å².